The van der Waals surface area contributed by atoms with Crippen molar-refractivity contribution in [3.05, 3.63) is 29.4 Å². The maximum absolute atomic E-state index is 5.53. The summed E-state index contributed by atoms with van der Waals surface area (Å²) in [6.45, 7) is 5.96. The number of nitrogens with zero attached hydrogens (tertiary/aromatic N) is 2. The first-order valence-corrected chi connectivity index (χ1v) is 5.78. The third kappa shape index (κ3) is 3.02. The number of hydrogen-bond acceptors (Lipinski definition) is 4. The van der Waals surface area contributed by atoms with Crippen molar-refractivity contribution in [1.29, 1.82) is 0 Å². The van der Waals surface area contributed by atoms with Crippen molar-refractivity contribution in [3.63, 3.8) is 0 Å². The van der Waals surface area contributed by atoms with E-state index in [0.29, 0.717) is 5.13 Å². The lowest BCUT2D eigenvalue weighted by molar-refractivity contribution is 1.20. The minimum atomic E-state index is 0.593. The largest absolute Gasteiger partial charge is 0.375 e. The van der Waals surface area contributed by atoms with Gasteiger partial charge in [0.05, 0.1) is 5.69 Å². The van der Waals surface area contributed by atoms with Gasteiger partial charge in [0.15, 0.2) is 5.13 Å². The van der Waals surface area contributed by atoms with Crippen LogP contribution in [-0.4, -0.2) is 9.97 Å². The maximum Gasteiger partial charge on any atom is 0.180 e. The highest BCUT2D eigenvalue weighted by atomic mass is 32.1. The van der Waals surface area contributed by atoms with Crippen LogP contribution in [0.4, 0.5) is 5.13 Å². The molecule has 2 aromatic heterocycles. The Morgan fingerprint density at radius 1 is 1.27 bits per heavy atom. The van der Waals surface area contributed by atoms with Gasteiger partial charge in [-0.2, -0.15) is 0 Å². The van der Waals surface area contributed by atoms with Crippen LogP contribution in [0.1, 0.15) is 19.5 Å². The first-order valence-electron chi connectivity index (χ1n) is 4.90. The molecule has 0 unspecified atom stereocenters. The summed E-state index contributed by atoms with van der Waals surface area (Å²) in [7, 11) is 0. The van der Waals surface area contributed by atoms with Crippen molar-refractivity contribution in [1.82, 2.24) is 9.97 Å². The van der Waals surface area contributed by atoms with Crippen LogP contribution < -0.4 is 5.73 Å². The Balaban J connectivity index is 0.000000531. The van der Waals surface area contributed by atoms with Crippen molar-refractivity contribution in [2.24, 2.45) is 0 Å². The molecule has 0 fully saturated rings. The number of anilines is 1. The molecule has 0 aliphatic rings. The van der Waals surface area contributed by atoms with Gasteiger partial charge in [0.1, 0.15) is 0 Å². The lowest BCUT2D eigenvalue weighted by Crippen LogP contribution is -1.84. The smallest absolute Gasteiger partial charge is 0.180 e. The molecule has 2 heterocycles. The second-order valence-corrected chi connectivity index (χ2v) is 3.65. The van der Waals surface area contributed by atoms with E-state index in [0.717, 1.165) is 17.0 Å². The standard InChI is InChI=1S/C9H9N3S.C2H6/c1-6-2-3-7(4-11-6)8-5-13-9(10)12-8;1-2/h2-5H,1H3,(H2,10,12);1-2H3. The number of aromatic nitrogens is 2. The van der Waals surface area contributed by atoms with Gasteiger partial charge in [0.25, 0.3) is 0 Å². The van der Waals surface area contributed by atoms with Crippen molar-refractivity contribution >= 4 is 16.5 Å². The summed E-state index contributed by atoms with van der Waals surface area (Å²) in [4.78, 5) is 8.36. The molecule has 0 aromatic carbocycles. The fourth-order valence-electron chi connectivity index (χ4n) is 1.04. The highest BCUT2D eigenvalue weighted by molar-refractivity contribution is 7.13. The normalized spacial score (nSPS) is 9.27. The van der Waals surface area contributed by atoms with Gasteiger partial charge in [-0.25, -0.2) is 4.98 Å². The van der Waals surface area contributed by atoms with E-state index in [-0.39, 0.29) is 0 Å². The van der Waals surface area contributed by atoms with Crippen molar-refractivity contribution in [3.8, 4) is 11.3 Å². The van der Waals surface area contributed by atoms with Crippen LogP contribution >= 0.6 is 11.3 Å². The topological polar surface area (TPSA) is 51.8 Å². The molecule has 0 aliphatic carbocycles. The molecule has 2 rings (SSSR count). The Hall–Kier alpha value is -1.42. The molecule has 0 radical (unpaired) electrons. The number of thiazole rings is 1. The molecular formula is C11H15N3S. The molecule has 0 atom stereocenters. The Morgan fingerprint density at radius 2 is 2.00 bits per heavy atom. The van der Waals surface area contributed by atoms with Crippen LogP contribution in [0.5, 0.6) is 0 Å². The number of hydrogen-bond donors (Lipinski definition) is 1. The number of nitrogens with two attached hydrogens (primary N) is 1. The predicted octanol–water partition coefficient (Wildman–Crippen LogP) is 3.12. The summed E-state index contributed by atoms with van der Waals surface area (Å²) < 4.78 is 0. The Labute approximate surface area is 94.0 Å². The van der Waals surface area contributed by atoms with Crippen molar-refractivity contribution in [2.75, 3.05) is 5.73 Å². The zero-order chi connectivity index (χ0) is 11.3. The van der Waals surface area contributed by atoms with Gasteiger partial charge in [-0.05, 0) is 19.1 Å². The minimum Gasteiger partial charge on any atom is -0.375 e. The quantitative estimate of drug-likeness (QED) is 0.805. The van der Waals surface area contributed by atoms with Gasteiger partial charge in [-0.3, -0.25) is 4.98 Å². The SMILES string of the molecule is CC.Cc1ccc(-c2csc(N)n2)cn1. The first kappa shape index (κ1) is 11.7. The summed E-state index contributed by atoms with van der Waals surface area (Å²) >= 11 is 1.44. The van der Waals surface area contributed by atoms with Gasteiger partial charge >= 0.3 is 0 Å². The van der Waals surface area contributed by atoms with E-state index in [9.17, 15) is 0 Å². The number of rotatable bonds is 1. The molecule has 0 saturated heterocycles. The third-order valence-electron chi connectivity index (χ3n) is 1.73. The van der Waals surface area contributed by atoms with Crippen LogP contribution in [0, 0.1) is 6.92 Å². The molecule has 2 aromatic rings. The average Bonchev–Trinajstić information content (AvgIpc) is 2.69. The van der Waals surface area contributed by atoms with Crippen LogP contribution in [0.15, 0.2) is 23.7 Å². The van der Waals surface area contributed by atoms with Crippen LogP contribution in [0.2, 0.25) is 0 Å². The molecular weight excluding hydrogens is 206 g/mol. The third-order valence-corrected chi connectivity index (χ3v) is 2.40. The monoisotopic (exact) mass is 221 g/mol. The van der Waals surface area contributed by atoms with E-state index in [4.69, 9.17) is 5.73 Å². The van der Waals surface area contributed by atoms with E-state index in [1.165, 1.54) is 11.3 Å². The predicted molar refractivity (Wildman–Crippen MR) is 65.8 cm³/mol. The Bertz CT molecular complexity index is 406. The molecule has 80 valence electrons. The van der Waals surface area contributed by atoms with Gasteiger partial charge < -0.3 is 5.73 Å². The van der Waals surface area contributed by atoms with Gasteiger partial charge in [-0.1, -0.05) is 13.8 Å². The number of nitrogen functional groups attached to an aromatic ring is 1. The Morgan fingerprint density at radius 3 is 2.47 bits per heavy atom. The molecule has 2 N–H and O–H groups in total. The molecule has 4 heteroatoms. The zero-order valence-corrected chi connectivity index (χ0v) is 10.0. The molecule has 0 spiro atoms. The number of aryl methyl sites for hydroxylation is 1. The molecule has 0 saturated carbocycles. The summed E-state index contributed by atoms with van der Waals surface area (Å²) in [6, 6.07) is 3.96. The summed E-state index contributed by atoms with van der Waals surface area (Å²) in [5.41, 5.74) is 8.45. The van der Waals surface area contributed by atoms with E-state index in [1.807, 2.05) is 44.5 Å². The minimum absolute atomic E-state index is 0.593. The van der Waals surface area contributed by atoms with Gasteiger partial charge in [0, 0.05) is 22.8 Å². The van der Waals surface area contributed by atoms with E-state index in [1.54, 1.807) is 0 Å². The molecule has 0 bridgehead atoms. The Kier molecular flexibility index (Phi) is 4.24. The van der Waals surface area contributed by atoms with Crippen LogP contribution in [0.3, 0.4) is 0 Å². The lowest BCUT2D eigenvalue weighted by atomic mass is 10.2. The van der Waals surface area contributed by atoms with Gasteiger partial charge in [0.2, 0.25) is 0 Å². The lowest BCUT2D eigenvalue weighted by Gasteiger charge is -1.95. The summed E-state index contributed by atoms with van der Waals surface area (Å²) in [6.07, 6.45) is 1.81. The average molecular weight is 221 g/mol. The molecule has 15 heavy (non-hydrogen) atoms. The maximum atomic E-state index is 5.53. The first-order chi connectivity index (χ1) is 7.25. The van der Waals surface area contributed by atoms with E-state index < -0.39 is 0 Å². The second kappa shape index (κ2) is 5.46. The highest BCUT2D eigenvalue weighted by Crippen LogP contribution is 2.21. The van der Waals surface area contributed by atoms with E-state index in [2.05, 4.69) is 9.97 Å². The summed E-state index contributed by atoms with van der Waals surface area (Å²) in [5.74, 6) is 0. The number of pyridine rings is 1. The fourth-order valence-corrected chi connectivity index (χ4v) is 1.61. The highest BCUT2D eigenvalue weighted by Gasteiger charge is 2.01. The summed E-state index contributed by atoms with van der Waals surface area (Å²) in [5, 5.41) is 2.53. The van der Waals surface area contributed by atoms with Crippen LogP contribution in [-0.2, 0) is 0 Å². The molecule has 0 amide bonds. The molecule has 3 nitrogen and oxygen atoms in total. The van der Waals surface area contributed by atoms with Crippen molar-refractivity contribution in [2.45, 2.75) is 20.8 Å². The zero-order valence-electron chi connectivity index (χ0n) is 9.19. The molecule has 0 aliphatic heterocycles. The fraction of sp³-hybridized carbons (Fsp3) is 0.273. The second-order valence-electron chi connectivity index (χ2n) is 2.76. The van der Waals surface area contributed by atoms with Crippen LogP contribution in [0.25, 0.3) is 11.3 Å². The van der Waals surface area contributed by atoms with Gasteiger partial charge in [-0.15, -0.1) is 11.3 Å². The van der Waals surface area contributed by atoms with E-state index >= 15 is 0 Å². The van der Waals surface area contributed by atoms with Crippen molar-refractivity contribution < 1.29 is 0 Å².